The van der Waals surface area contributed by atoms with Crippen LogP contribution in [0.15, 0.2) is 70.9 Å². The van der Waals surface area contributed by atoms with Gasteiger partial charge in [0.25, 0.3) is 5.91 Å². The number of fused-ring (bicyclic) bond motifs is 1. The summed E-state index contributed by atoms with van der Waals surface area (Å²) in [7, 11) is 0. The molecule has 60 heavy (non-hydrogen) atoms. The number of piperidine rings is 1. The first-order valence-corrected chi connectivity index (χ1v) is 23.5. The van der Waals surface area contributed by atoms with Crippen LogP contribution in [0.25, 0.3) is 0 Å². The molecule has 2 atom stereocenters. The maximum atomic E-state index is 15.5. The largest absolute Gasteiger partial charge is 0.387 e. The fourth-order valence-corrected chi connectivity index (χ4v) is 10.7. The Hall–Kier alpha value is -3.36. The van der Waals surface area contributed by atoms with Gasteiger partial charge in [-0.1, -0.05) is 101 Å². The lowest BCUT2D eigenvalue weighted by atomic mass is 9.86. The SMILES string of the molecule is CC(C)OC1Nc2c(CC(C)(C)C)ccc([C@@H](O)CN(CCc3cc(CN4CCC5(CC4)CN(C(=O)c4csc(C(C)C)n4)CCO5)ccc3F)Cc3ccccc3)c2S1. The topological polar surface area (TPSA) is 90.4 Å². The van der Waals surface area contributed by atoms with Gasteiger partial charge in [0, 0.05) is 62.0 Å². The number of nitrogens with one attached hydrogen (secondary N) is 1. The molecule has 2 saturated heterocycles. The lowest BCUT2D eigenvalue weighted by Gasteiger charge is -2.47. The van der Waals surface area contributed by atoms with Crippen LogP contribution in [0.1, 0.15) is 117 Å². The molecule has 3 aliphatic rings. The van der Waals surface area contributed by atoms with E-state index in [0.29, 0.717) is 62.9 Å². The van der Waals surface area contributed by atoms with Crippen LogP contribution in [0, 0.1) is 11.2 Å². The van der Waals surface area contributed by atoms with Crippen molar-refractivity contribution < 1.29 is 23.8 Å². The van der Waals surface area contributed by atoms with Gasteiger partial charge in [0.15, 0.2) is 5.56 Å². The summed E-state index contributed by atoms with van der Waals surface area (Å²) in [6.45, 7) is 20.7. The molecule has 9 nitrogen and oxygen atoms in total. The molecule has 7 rings (SSSR count). The number of thioether (sulfide) groups is 1. The molecule has 0 saturated carbocycles. The fourth-order valence-electron chi connectivity index (χ4n) is 8.60. The Kier molecular flexibility index (Phi) is 14.4. The number of carbonyl (C=O) groups excluding carboxylic acids is 1. The van der Waals surface area contributed by atoms with Gasteiger partial charge >= 0.3 is 0 Å². The van der Waals surface area contributed by atoms with Gasteiger partial charge in [-0.15, -0.1) is 11.3 Å². The second-order valence-corrected chi connectivity index (χ2v) is 20.7. The van der Waals surface area contributed by atoms with Gasteiger partial charge in [-0.25, -0.2) is 9.37 Å². The molecule has 12 heteroatoms. The van der Waals surface area contributed by atoms with Crippen molar-refractivity contribution in [3.05, 3.63) is 110 Å². The molecule has 3 aliphatic heterocycles. The fraction of sp³-hybridized carbons (Fsp3) is 0.542. The Morgan fingerprint density at radius 2 is 1.82 bits per heavy atom. The molecule has 1 aromatic heterocycles. The van der Waals surface area contributed by atoms with Crippen molar-refractivity contribution in [2.24, 2.45) is 5.41 Å². The molecule has 0 bridgehead atoms. The molecule has 1 amide bonds. The first-order valence-electron chi connectivity index (χ1n) is 21.7. The number of rotatable bonds is 15. The van der Waals surface area contributed by atoms with Gasteiger partial charge in [-0.3, -0.25) is 14.6 Å². The lowest BCUT2D eigenvalue weighted by Crippen LogP contribution is -2.58. The number of aliphatic hydroxyl groups is 1. The molecule has 3 aromatic carbocycles. The summed E-state index contributed by atoms with van der Waals surface area (Å²) >= 11 is 3.19. The minimum Gasteiger partial charge on any atom is -0.387 e. The number of carbonyl (C=O) groups is 1. The maximum Gasteiger partial charge on any atom is 0.273 e. The highest BCUT2D eigenvalue weighted by atomic mass is 32.2. The van der Waals surface area contributed by atoms with E-state index in [2.05, 4.69) is 79.0 Å². The Labute approximate surface area is 365 Å². The molecular formula is C48H64FN5O4S2. The third-order valence-corrected chi connectivity index (χ3v) is 13.9. The van der Waals surface area contributed by atoms with E-state index >= 15 is 4.39 Å². The molecule has 4 heterocycles. The number of aromatic nitrogens is 1. The summed E-state index contributed by atoms with van der Waals surface area (Å²) in [5.41, 5.74) is 6.15. The van der Waals surface area contributed by atoms with Crippen LogP contribution in [0.2, 0.25) is 0 Å². The van der Waals surface area contributed by atoms with Crippen molar-refractivity contribution in [3.63, 3.8) is 0 Å². The molecule has 2 N–H and O–H groups in total. The summed E-state index contributed by atoms with van der Waals surface area (Å²) in [5.74, 6) is 0.0882. The van der Waals surface area contributed by atoms with Gasteiger partial charge < -0.3 is 24.8 Å². The Bertz CT molecular complexity index is 2060. The van der Waals surface area contributed by atoms with Crippen LogP contribution in [-0.4, -0.2) is 93.8 Å². The standard InChI is InChI=1S/C48H64FN5O4S2/c1-32(2)44-50-40(30-59-44)45(56)54-23-24-57-48(31-54)18-21-52(22-19-48)28-35-13-16-39(49)36(25-35)17-20-53(27-34-11-9-8-10-12-34)29-41(55)38-15-14-37(26-47(5,6)7)42-43(38)60-46(51-42)58-33(3)4/h8-16,25,30,32-33,41,46,51,55H,17-24,26-29,31H2,1-7H3/t41-,46?/m0/s1. The lowest BCUT2D eigenvalue weighted by molar-refractivity contribution is -0.128. The highest BCUT2D eigenvalue weighted by Crippen LogP contribution is 2.47. The van der Waals surface area contributed by atoms with Crippen molar-refractivity contribution in [1.82, 2.24) is 19.7 Å². The molecule has 324 valence electrons. The van der Waals surface area contributed by atoms with Crippen molar-refractivity contribution in [1.29, 1.82) is 0 Å². The molecule has 0 aliphatic carbocycles. The summed E-state index contributed by atoms with van der Waals surface area (Å²) < 4.78 is 28.1. The number of ether oxygens (including phenoxy) is 2. The van der Waals surface area contributed by atoms with Crippen LogP contribution < -0.4 is 5.32 Å². The number of nitrogens with zero attached hydrogens (tertiary/aromatic N) is 4. The number of halogens is 1. The first-order chi connectivity index (χ1) is 28.6. The number of thiazole rings is 1. The minimum absolute atomic E-state index is 0.00523. The highest BCUT2D eigenvalue weighted by Gasteiger charge is 2.41. The molecule has 1 spiro atoms. The monoisotopic (exact) mass is 857 g/mol. The predicted octanol–water partition coefficient (Wildman–Crippen LogP) is 9.51. The number of morpholine rings is 1. The van der Waals surface area contributed by atoms with Gasteiger partial charge in [0.2, 0.25) is 0 Å². The smallest absolute Gasteiger partial charge is 0.273 e. The van der Waals surface area contributed by atoms with Crippen LogP contribution in [0.3, 0.4) is 0 Å². The average Bonchev–Trinajstić information content (AvgIpc) is 3.87. The molecule has 4 aromatic rings. The third kappa shape index (κ3) is 11.4. The summed E-state index contributed by atoms with van der Waals surface area (Å²) in [6.07, 6.45) is 2.39. The minimum atomic E-state index is -0.750. The van der Waals surface area contributed by atoms with E-state index < -0.39 is 6.10 Å². The number of amides is 1. The van der Waals surface area contributed by atoms with Crippen LogP contribution >= 0.6 is 23.1 Å². The summed E-state index contributed by atoms with van der Waals surface area (Å²) in [5, 5.41) is 18.5. The zero-order chi connectivity index (χ0) is 42.6. The van der Waals surface area contributed by atoms with Gasteiger partial charge in [-0.05, 0) is 78.8 Å². The van der Waals surface area contributed by atoms with E-state index in [9.17, 15) is 9.90 Å². The molecule has 2 fully saturated rings. The number of likely N-dealkylation sites (tertiary alicyclic amines) is 1. The summed E-state index contributed by atoms with van der Waals surface area (Å²) in [4.78, 5) is 25.7. The van der Waals surface area contributed by atoms with E-state index in [1.54, 1.807) is 29.2 Å². The summed E-state index contributed by atoms with van der Waals surface area (Å²) in [6, 6.07) is 20.1. The number of hydrogen-bond donors (Lipinski definition) is 2. The van der Waals surface area contributed by atoms with Crippen LogP contribution in [0.4, 0.5) is 10.1 Å². The van der Waals surface area contributed by atoms with E-state index in [4.69, 9.17) is 9.47 Å². The van der Waals surface area contributed by atoms with Crippen molar-refractivity contribution >= 4 is 34.7 Å². The second-order valence-electron chi connectivity index (χ2n) is 18.7. The number of hydrogen-bond acceptors (Lipinski definition) is 10. The van der Waals surface area contributed by atoms with Gasteiger partial charge in [-0.2, -0.15) is 0 Å². The average molecular weight is 858 g/mol. The highest BCUT2D eigenvalue weighted by molar-refractivity contribution is 8.00. The van der Waals surface area contributed by atoms with E-state index in [1.165, 1.54) is 5.56 Å². The van der Waals surface area contributed by atoms with E-state index in [1.807, 2.05) is 54.5 Å². The van der Waals surface area contributed by atoms with E-state index in [-0.39, 0.29) is 34.4 Å². The van der Waals surface area contributed by atoms with Crippen LogP contribution in [-0.2, 0) is 35.4 Å². The maximum absolute atomic E-state index is 15.5. The molecular weight excluding hydrogens is 794 g/mol. The Morgan fingerprint density at radius 1 is 1.05 bits per heavy atom. The Balaban J connectivity index is 0.996. The van der Waals surface area contributed by atoms with E-state index in [0.717, 1.165) is 71.2 Å². The molecule has 0 radical (unpaired) electrons. The Morgan fingerprint density at radius 3 is 2.52 bits per heavy atom. The van der Waals surface area contributed by atoms with Gasteiger partial charge in [0.05, 0.1) is 41.7 Å². The van der Waals surface area contributed by atoms with Gasteiger partial charge in [0.1, 0.15) is 11.5 Å². The first kappa shape index (κ1) is 44.7. The third-order valence-electron chi connectivity index (χ3n) is 11.7. The van der Waals surface area contributed by atoms with Crippen molar-refractivity contribution in [2.75, 3.05) is 51.2 Å². The second kappa shape index (κ2) is 19.4. The zero-order valence-corrected chi connectivity index (χ0v) is 38.1. The van der Waals surface area contributed by atoms with Crippen LogP contribution in [0.5, 0.6) is 0 Å². The number of benzene rings is 3. The molecule has 1 unspecified atom stereocenters. The normalized spacial score (nSPS) is 18.7. The zero-order valence-electron chi connectivity index (χ0n) is 36.5. The predicted molar refractivity (Wildman–Crippen MR) is 241 cm³/mol. The van der Waals surface area contributed by atoms with Crippen molar-refractivity contribution in [2.45, 2.75) is 121 Å². The number of anilines is 1. The quantitative estimate of drug-likeness (QED) is 0.121. The van der Waals surface area contributed by atoms with Crippen molar-refractivity contribution in [3.8, 4) is 0 Å². The number of aliphatic hydroxyl groups excluding tert-OH is 1.